The number of ether oxygens (including phenoxy) is 1. The van der Waals surface area contributed by atoms with Crippen molar-refractivity contribution in [3.8, 4) is 11.5 Å². The van der Waals surface area contributed by atoms with E-state index in [1.165, 1.54) is 0 Å². The van der Waals surface area contributed by atoms with E-state index < -0.39 is 0 Å². The number of hydrogen-bond donors (Lipinski definition) is 3. The summed E-state index contributed by atoms with van der Waals surface area (Å²) in [5, 5.41) is 22.4. The van der Waals surface area contributed by atoms with Crippen LogP contribution in [0.15, 0.2) is 48.5 Å². The van der Waals surface area contributed by atoms with E-state index in [2.05, 4.69) is 10.2 Å². The maximum absolute atomic E-state index is 9.51. The maximum Gasteiger partial charge on any atom is 0.115 e. The van der Waals surface area contributed by atoms with Crippen LogP contribution in [0, 0.1) is 0 Å². The summed E-state index contributed by atoms with van der Waals surface area (Å²) in [5.41, 5.74) is 1.97. The number of nitrogens with one attached hydrogen (secondary N) is 1. The van der Waals surface area contributed by atoms with Gasteiger partial charge in [0.1, 0.15) is 17.6 Å². The lowest BCUT2D eigenvalue weighted by Crippen LogP contribution is -2.44. The molecule has 0 bridgehead atoms. The summed E-state index contributed by atoms with van der Waals surface area (Å²) in [5.74, 6) is 0.480. The van der Waals surface area contributed by atoms with Crippen molar-refractivity contribution in [1.29, 1.82) is 0 Å². The Morgan fingerprint density at radius 3 is 1.88 bits per heavy atom. The maximum atomic E-state index is 9.51. The van der Waals surface area contributed by atoms with Crippen molar-refractivity contribution in [1.82, 2.24) is 10.2 Å². The Balaban J connectivity index is 1.69. The number of phenols is 2. The second-order valence-electron chi connectivity index (χ2n) is 6.03. The zero-order valence-corrected chi connectivity index (χ0v) is 13.7. The molecule has 3 N–H and O–H groups in total. The highest BCUT2D eigenvalue weighted by Crippen LogP contribution is 2.28. The van der Waals surface area contributed by atoms with Crippen molar-refractivity contribution in [3.63, 3.8) is 0 Å². The Kier molecular flexibility index (Phi) is 5.69. The van der Waals surface area contributed by atoms with Gasteiger partial charge in [-0.15, -0.1) is 0 Å². The third-order valence-electron chi connectivity index (χ3n) is 4.29. The standard InChI is InChI=1S/C19H24N2O3/c22-17-5-1-15(2-6-17)19(16-3-7-18(23)8-4-16)24-14-13-21-11-9-20-10-12-21/h1-8,19-20,22-23H,9-14H2. The Hall–Kier alpha value is -2.08. The van der Waals surface area contributed by atoms with E-state index in [1.807, 2.05) is 24.3 Å². The fourth-order valence-electron chi connectivity index (χ4n) is 2.92. The average molecular weight is 328 g/mol. The minimum atomic E-state index is -0.214. The first kappa shape index (κ1) is 16.8. The molecule has 1 fully saturated rings. The van der Waals surface area contributed by atoms with Crippen molar-refractivity contribution in [2.24, 2.45) is 0 Å². The molecule has 0 spiro atoms. The second-order valence-corrected chi connectivity index (χ2v) is 6.03. The zero-order valence-electron chi connectivity index (χ0n) is 13.7. The Morgan fingerprint density at radius 1 is 0.875 bits per heavy atom. The molecule has 0 saturated carbocycles. The predicted octanol–water partition coefficient (Wildman–Crippen LogP) is 2.11. The van der Waals surface area contributed by atoms with Crippen LogP contribution in [-0.4, -0.2) is 54.4 Å². The van der Waals surface area contributed by atoms with Gasteiger partial charge in [-0.1, -0.05) is 24.3 Å². The lowest BCUT2D eigenvalue weighted by molar-refractivity contribution is 0.0572. The van der Waals surface area contributed by atoms with Crippen LogP contribution in [0.3, 0.4) is 0 Å². The number of rotatable bonds is 6. The summed E-state index contributed by atoms with van der Waals surface area (Å²) < 4.78 is 6.17. The summed E-state index contributed by atoms with van der Waals surface area (Å²) in [6.07, 6.45) is -0.214. The van der Waals surface area contributed by atoms with Gasteiger partial charge in [0.2, 0.25) is 0 Å². The Bertz CT molecular complexity index is 577. The lowest BCUT2D eigenvalue weighted by Gasteiger charge is -2.28. The largest absolute Gasteiger partial charge is 0.508 e. The van der Waals surface area contributed by atoms with Crippen molar-refractivity contribution >= 4 is 0 Å². The molecule has 5 nitrogen and oxygen atoms in total. The molecule has 1 aliphatic heterocycles. The van der Waals surface area contributed by atoms with E-state index in [0.29, 0.717) is 6.61 Å². The van der Waals surface area contributed by atoms with E-state index in [4.69, 9.17) is 4.74 Å². The fourth-order valence-corrected chi connectivity index (χ4v) is 2.92. The zero-order chi connectivity index (χ0) is 16.8. The van der Waals surface area contributed by atoms with Gasteiger partial charge in [0.05, 0.1) is 6.61 Å². The monoisotopic (exact) mass is 328 g/mol. The van der Waals surface area contributed by atoms with E-state index in [9.17, 15) is 10.2 Å². The fraction of sp³-hybridized carbons (Fsp3) is 0.368. The van der Waals surface area contributed by atoms with Crippen LogP contribution in [0.4, 0.5) is 0 Å². The van der Waals surface area contributed by atoms with Crippen LogP contribution in [0.25, 0.3) is 0 Å². The van der Waals surface area contributed by atoms with Crippen molar-refractivity contribution in [3.05, 3.63) is 59.7 Å². The molecule has 1 aliphatic rings. The molecular formula is C19H24N2O3. The molecule has 2 aromatic rings. The Morgan fingerprint density at radius 2 is 1.38 bits per heavy atom. The van der Waals surface area contributed by atoms with Crippen molar-refractivity contribution in [2.45, 2.75) is 6.10 Å². The average Bonchev–Trinajstić information content (AvgIpc) is 2.62. The number of hydrogen-bond acceptors (Lipinski definition) is 5. The predicted molar refractivity (Wildman–Crippen MR) is 93.3 cm³/mol. The molecule has 0 amide bonds. The molecular weight excluding hydrogens is 304 g/mol. The second kappa shape index (κ2) is 8.15. The van der Waals surface area contributed by atoms with Crippen LogP contribution < -0.4 is 5.32 Å². The molecule has 0 aliphatic carbocycles. The van der Waals surface area contributed by atoms with Crippen LogP contribution in [-0.2, 0) is 4.74 Å². The number of piperazine rings is 1. The molecule has 1 heterocycles. The van der Waals surface area contributed by atoms with Gasteiger partial charge in [0.15, 0.2) is 0 Å². The van der Waals surface area contributed by atoms with E-state index in [0.717, 1.165) is 43.9 Å². The van der Waals surface area contributed by atoms with E-state index >= 15 is 0 Å². The molecule has 24 heavy (non-hydrogen) atoms. The highest BCUT2D eigenvalue weighted by molar-refractivity contribution is 5.36. The molecule has 1 saturated heterocycles. The van der Waals surface area contributed by atoms with Gasteiger partial charge in [-0.3, -0.25) is 4.90 Å². The summed E-state index contributed by atoms with van der Waals surface area (Å²) in [4.78, 5) is 2.39. The first-order valence-electron chi connectivity index (χ1n) is 8.35. The summed E-state index contributed by atoms with van der Waals surface area (Å²) in [6, 6.07) is 14.2. The number of phenolic OH excluding ortho intramolecular Hbond substituents is 2. The first-order valence-corrected chi connectivity index (χ1v) is 8.35. The SMILES string of the molecule is Oc1ccc(C(OCCN2CCNCC2)c2ccc(O)cc2)cc1. The van der Waals surface area contributed by atoms with Gasteiger partial charge in [0, 0.05) is 32.7 Å². The molecule has 0 atom stereocenters. The molecule has 2 aromatic carbocycles. The Labute approximate surface area is 142 Å². The third kappa shape index (κ3) is 4.47. The molecule has 128 valence electrons. The van der Waals surface area contributed by atoms with Crippen LogP contribution in [0.5, 0.6) is 11.5 Å². The molecule has 0 radical (unpaired) electrons. The third-order valence-corrected chi connectivity index (χ3v) is 4.29. The normalized spacial score (nSPS) is 15.7. The van der Waals surface area contributed by atoms with Gasteiger partial charge in [-0.2, -0.15) is 0 Å². The van der Waals surface area contributed by atoms with Gasteiger partial charge in [-0.25, -0.2) is 0 Å². The smallest absolute Gasteiger partial charge is 0.115 e. The van der Waals surface area contributed by atoms with Gasteiger partial charge in [-0.05, 0) is 35.4 Å². The summed E-state index contributed by atoms with van der Waals surface area (Å²) in [6.45, 7) is 5.68. The number of aromatic hydroxyl groups is 2. The topological polar surface area (TPSA) is 65.0 Å². The van der Waals surface area contributed by atoms with Crippen molar-refractivity contribution in [2.75, 3.05) is 39.3 Å². The lowest BCUT2D eigenvalue weighted by atomic mass is 10.0. The van der Waals surface area contributed by atoms with Gasteiger partial charge >= 0.3 is 0 Å². The summed E-state index contributed by atoms with van der Waals surface area (Å²) in [7, 11) is 0. The van der Waals surface area contributed by atoms with Crippen LogP contribution >= 0.6 is 0 Å². The van der Waals surface area contributed by atoms with Crippen molar-refractivity contribution < 1.29 is 14.9 Å². The van der Waals surface area contributed by atoms with Crippen LogP contribution in [0.2, 0.25) is 0 Å². The van der Waals surface area contributed by atoms with Gasteiger partial charge < -0.3 is 20.3 Å². The first-order chi connectivity index (χ1) is 11.7. The highest BCUT2D eigenvalue weighted by Gasteiger charge is 2.16. The number of benzene rings is 2. The minimum Gasteiger partial charge on any atom is -0.508 e. The number of nitrogens with zero attached hydrogens (tertiary/aromatic N) is 1. The molecule has 5 heteroatoms. The molecule has 0 aromatic heterocycles. The van der Waals surface area contributed by atoms with Crippen LogP contribution in [0.1, 0.15) is 17.2 Å². The van der Waals surface area contributed by atoms with E-state index in [-0.39, 0.29) is 17.6 Å². The quantitative estimate of drug-likeness (QED) is 0.758. The summed E-state index contributed by atoms with van der Waals surface area (Å²) >= 11 is 0. The molecule has 0 unspecified atom stereocenters. The molecule has 3 rings (SSSR count). The minimum absolute atomic E-state index is 0.214. The highest BCUT2D eigenvalue weighted by atomic mass is 16.5. The van der Waals surface area contributed by atoms with E-state index in [1.54, 1.807) is 24.3 Å². The van der Waals surface area contributed by atoms with Gasteiger partial charge in [0.25, 0.3) is 0 Å².